The Kier molecular flexibility index (Phi) is 4.59. The Labute approximate surface area is 110 Å². The molecule has 0 aliphatic heterocycles. The van der Waals surface area contributed by atoms with Crippen LogP contribution in [0.3, 0.4) is 0 Å². The van der Waals surface area contributed by atoms with Crippen LogP contribution in [0.4, 0.5) is 11.9 Å². The molecule has 19 heavy (non-hydrogen) atoms. The summed E-state index contributed by atoms with van der Waals surface area (Å²) < 4.78 is 6.64. The number of methoxy groups -OCH3 is 1. The molecule has 0 radical (unpaired) electrons. The van der Waals surface area contributed by atoms with Crippen molar-refractivity contribution in [1.82, 2.24) is 24.5 Å². The van der Waals surface area contributed by atoms with Gasteiger partial charge in [-0.05, 0) is 6.42 Å². The van der Waals surface area contributed by atoms with Crippen LogP contribution in [0, 0.1) is 0 Å². The predicted molar refractivity (Wildman–Crippen MR) is 69.7 cm³/mol. The predicted octanol–water partition coefficient (Wildman–Crippen LogP) is -0.209. The lowest BCUT2D eigenvalue weighted by Gasteiger charge is -2.08. The number of nitrogens with one attached hydrogen (secondary N) is 2. The van der Waals surface area contributed by atoms with E-state index in [9.17, 15) is 0 Å². The van der Waals surface area contributed by atoms with Crippen molar-refractivity contribution in [3.63, 3.8) is 0 Å². The van der Waals surface area contributed by atoms with Crippen LogP contribution in [0.2, 0.25) is 0 Å². The number of nitrogens with two attached hydrogens (primary N) is 1. The summed E-state index contributed by atoms with van der Waals surface area (Å²) in [5.41, 5.74) is 2.41. The molecule has 0 aromatic carbocycles. The molecule has 0 spiro atoms. The average molecular weight is 264 g/mol. The molecule has 0 bridgehead atoms. The number of hydrogen-bond acceptors (Lipinski definition) is 8. The molecule has 0 aliphatic rings. The summed E-state index contributed by atoms with van der Waals surface area (Å²) in [6.07, 6.45) is 5.84. The Morgan fingerprint density at radius 1 is 1.32 bits per heavy atom. The first kappa shape index (κ1) is 13.2. The van der Waals surface area contributed by atoms with Gasteiger partial charge in [0, 0.05) is 32.7 Å². The first-order valence-electron chi connectivity index (χ1n) is 5.77. The third kappa shape index (κ3) is 3.60. The molecule has 2 aromatic heterocycles. The molecule has 4 N–H and O–H groups in total. The highest BCUT2D eigenvalue weighted by Gasteiger charge is 2.06. The van der Waals surface area contributed by atoms with Gasteiger partial charge >= 0.3 is 0 Å². The van der Waals surface area contributed by atoms with Crippen molar-refractivity contribution in [3.05, 3.63) is 18.7 Å². The number of imidazole rings is 1. The van der Waals surface area contributed by atoms with E-state index >= 15 is 0 Å². The topological polar surface area (TPSA) is 116 Å². The zero-order valence-corrected chi connectivity index (χ0v) is 10.6. The summed E-state index contributed by atoms with van der Waals surface area (Å²) in [5.74, 6) is 6.51. The molecule has 0 saturated carbocycles. The van der Waals surface area contributed by atoms with Crippen LogP contribution in [0.15, 0.2) is 18.7 Å². The second-order valence-corrected chi connectivity index (χ2v) is 3.67. The Hall–Kier alpha value is -2.26. The minimum Gasteiger partial charge on any atom is -0.385 e. The van der Waals surface area contributed by atoms with Crippen molar-refractivity contribution < 1.29 is 4.74 Å². The largest absolute Gasteiger partial charge is 0.385 e. The van der Waals surface area contributed by atoms with Gasteiger partial charge in [-0.1, -0.05) is 0 Å². The van der Waals surface area contributed by atoms with Gasteiger partial charge in [0.1, 0.15) is 6.33 Å². The highest BCUT2D eigenvalue weighted by Crippen LogP contribution is 2.08. The molecule has 2 rings (SSSR count). The smallest absolute Gasteiger partial charge is 0.243 e. The van der Waals surface area contributed by atoms with Crippen molar-refractivity contribution in [2.75, 3.05) is 31.0 Å². The van der Waals surface area contributed by atoms with Gasteiger partial charge < -0.3 is 10.1 Å². The van der Waals surface area contributed by atoms with Crippen molar-refractivity contribution in [1.29, 1.82) is 0 Å². The zero-order valence-electron chi connectivity index (χ0n) is 10.6. The molecule has 102 valence electrons. The quantitative estimate of drug-likeness (QED) is 0.357. The molecule has 0 fully saturated rings. The fourth-order valence-corrected chi connectivity index (χ4v) is 1.42. The Balaban J connectivity index is 2.12. The third-order valence-corrected chi connectivity index (χ3v) is 2.30. The molecule has 2 heterocycles. The van der Waals surface area contributed by atoms with Crippen LogP contribution in [-0.2, 0) is 4.74 Å². The van der Waals surface area contributed by atoms with E-state index in [-0.39, 0.29) is 5.95 Å². The maximum absolute atomic E-state index is 5.34. The number of rotatable bonds is 7. The van der Waals surface area contributed by atoms with Gasteiger partial charge in [0.05, 0.1) is 0 Å². The van der Waals surface area contributed by atoms with E-state index in [4.69, 9.17) is 10.6 Å². The van der Waals surface area contributed by atoms with Crippen LogP contribution in [0.5, 0.6) is 0 Å². The number of nitrogens with zero attached hydrogens (tertiary/aromatic N) is 5. The highest BCUT2D eigenvalue weighted by atomic mass is 16.5. The molecule has 9 heteroatoms. The highest BCUT2D eigenvalue weighted by molar-refractivity contribution is 5.37. The summed E-state index contributed by atoms with van der Waals surface area (Å²) in [5, 5.41) is 3.08. The number of ether oxygens (including phenoxy) is 1. The lowest BCUT2D eigenvalue weighted by molar-refractivity contribution is 0.197. The Morgan fingerprint density at radius 2 is 2.16 bits per heavy atom. The van der Waals surface area contributed by atoms with Crippen molar-refractivity contribution >= 4 is 11.9 Å². The number of aromatic nitrogens is 5. The fourth-order valence-electron chi connectivity index (χ4n) is 1.42. The van der Waals surface area contributed by atoms with Gasteiger partial charge in [-0.2, -0.15) is 15.0 Å². The Bertz CT molecular complexity index is 500. The molecular weight excluding hydrogens is 248 g/mol. The van der Waals surface area contributed by atoms with Crippen molar-refractivity contribution in [2.24, 2.45) is 5.84 Å². The maximum Gasteiger partial charge on any atom is 0.243 e. The summed E-state index contributed by atoms with van der Waals surface area (Å²) in [6.45, 7) is 1.37. The first-order chi connectivity index (χ1) is 9.33. The SMILES string of the molecule is COCCCNc1nc(NN)nc(-n2ccnc2)n1. The van der Waals surface area contributed by atoms with E-state index in [1.165, 1.54) is 0 Å². The lowest BCUT2D eigenvalue weighted by atomic mass is 10.4. The van der Waals surface area contributed by atoms with Gasteiger partial charge in [-0.3, -0.25) is 9.99 Å². The van der Waals surface area contributed by atoms with Gasteiger partial charge in [0.15, 0.2) is 0 Å². The van der Waals surface area contributed by atoms with E-state index in [1.807, 2.05) is 0 Å². The van der Waals surface area contributed by atoms with Gasteiger partial charge in [0.2, 0.25) is 17.8 Å². The van der Waals surface area contributed by atoms with E-state index in [0.717, 1.165) is 6.42 Å². The standard InChI is InChI=1S/C10H16N8O/c1-19-6-2-3-13-8-14-9(17-11)16-10(15-8)18-5-4-12-7-18/h4-5,7H,2-3,6,11H2,1H3,(H2,13,14,15,16,17). The monoisotopic (exact) mass is 264 g/mol. The van der Waals surface area contributed by atoms with E-state index in [2.05, 4.69) is 30.7 Å². The first-order valence-corrected chi connectivity index (χ1v) is 5.77. The van der Waals surface area contributed by atoms with Crippen LogP contribution >= 0.6 is 0 Å². The molecule has 9 nitrogen and oxygen atoms in total. The van der Waals surface area contributed by atoms with Crippen LogP contribution in [0.1, 0.15) is 6.42 Å². The molecule has 0 atom stereocenters. The minimum atomic E-state index is 0.285. The second-order valence-electron chi connectivity index (χ2n) is 3.67. The Morgan fingerprint density at radius 3 is 2.84 bits per heavy atom. The van der Waals surface area contributed by atoms with Gasteiger partial charge in [0.25, 0.3) is 0 Å². The second kappa shape index (κ2) is 6.61. The summed E-state index contributed by atoms with van der Waals surface area (Å²) in [7, 11) is 1.66. The van der Waals surface area contributed by atoms with Crippen LogP contribution in [0.25, 0.3) is 5.95 Å². The minimum absolute atomic E-state index is 0.285. The third-order valence-electron chi connectivity index (χ3n) is 2.30. The number of hydrogen-bond donors (Lipinski definition) is 3. The van der Waals surface area contributed by atoms with Crippen LogP contribution in [-0.4, -0.2) is 44.8 Å². The molecule has 0 unspecified atom stereocenters. The molecule has 0 aliphatic carbocycles. The van der Waals surface area contributed by atoms with E-state index in [1.54, 1.807) is 30.4 Å². The van der Waals surface area contributed by atoms with E-state index in [0.29, 0.717) is 25.0 Å². The zero-order chi connectivity index (χ0) is 13.5. The summed E-state index contributed by atoms with van der Waals surface area (Å²) in [6, 6.07) is 0. The fraction of sp³-hybridized carbons (Fsp3) is 0.400. The summed E-state index contributed by atoms with van der Waals surface area (Å²) in [4.78, 5) is 16.5. The van der Waals surface area contributed by atoms with Crippen molar-refractivity contribution in [2.45, 2.75) is 6.42 Å². The molecule has 2 aromatic rings. The summed E-state index contributed by atoms with van der Waals surface area (Å²) >= 11 is 0. The molecule has 0 saturated heterocycles. The molecular formula is C10H16N8O. The van der Waals surface area contributed by atoms with Gasteiger partial charge in [-0.15, -0.1) is 0 Å². The maximum atomic E-state index is 5.34. The van der Waals surface area contributed by atoms with E-state index < -0.39 is 0 Å². The van der Waals surface area contributed by atoms with Gasteiger partial charge in [-0.25, -0.2) is 10.8 Å². The van der Waals surface area contributed by atoms with Crippen molar-refractivity contribution in [3.8, 4) is 5.95 Å². The normalized spacial score (nSPS) is 10.4. The number of hydrazine groups is 1. The average Bonchev–Trinajstić information content (AvgIpc) is 2.97. The lowest BCUT2D eigenvalue weighted by Crippen LogP contribution is -2.16. The number of nitrogen functional groups attached to an aromatic ring is 1. The van der Waals surface area contributed by atoms with Crippen LogP contribution < -0.4 is 16.6 Å². The molecule has 0 amide bonds. The number of anilines is 2.